The average molecular weight is 325 g/mol. The number of ether oxygens (including phenoxy) is 1. The standard InChI is InChI=1S/C18H19N3O3/c1-13-11-17(22)20-9-10-21(13)18(23)16-12-15(7-8-19-16)24-14-5-3-2-4-6-14/h2-8,12-13H,9-11H2,1H3,(H,20,22). The average Bonchev–Trinajstić information content (AvgIpc) is 2.75. The van der Waals surface area contributed by atoms with Crippen LogP contribution in [0.1, 0.15) is 23.8 Å². The molecule has 3 rings (SSSR count). The molecule has 2 heterocycles. The molecular formula is C18H19N3O3. The maximum atomic E-state index is 12.7. The summed E-state index contributed by atoms with van der Waals surface area (Å²) in [4.78, 5) is 30.2. The Labute approximate surface area is 140 Å². The van der Waals surface area contributed by atoms with Crippen molar-refractivity contribution >= 4 is 11.8 Å². The van der Waals surface area contributed by atoms with E-state index >= 15 is 0 Å². The summed E-state index contributed by atoms with van der Waals surface area (Å²) in [6.07, 6.45) is 1.85. The maximum Gasteiger partial charge on any atom is 0.272 e. The Balaban J connectivity index is 1.77. The first-order chi connectivity index (χ1) is 11.6. The summed E-state index contributed by atoms with van der Waals surface area (Å²) in [5, 5.41) is 2.78. The van der Waals surface area contributed by atoms with Gasteiger partial charge >= 0.3 is 0 Å². The van der Waals surface area contributed by atoms with Crippen LogP contribution in [0, 0.1) is 0 Å². The van der Waals surface area contributed by atoms with Crippen molar-refractivity contribution in [2.75, 3.05) is 13.1 Å². The summed E-state index contributed by atoms with van der Waals surface area (Å²) in [6.45, 7) is 2.79. The van der Waals surface area contributed by atoms with E-state index in [2.05, 4.69) is 10.3 Å². The van der Waals surface area contributed by atoms with Gasteiger partial charge in [0.2, 0.25) is 5.91 Å². The highest BCUT2D eigenvalue weighted by Gasteiger charge is 2.26. The van der Waals surface area contributed by atoms with E-state index in [-0.39, 0.29) is 17.9 Å². The normalized spacial score (nSPS) is 17.8. The molecule has 1 aromatic carbocycles. The molecule has 1 fully saturated rings. The fraction of sp³-hybridized carbons (Fsp3) is 0.278. The van der Waals surface area contributed by atoms with Crippen LogP contribution in [-0.4, -0.2) is 40.8 Å². The van der Waals surface area contributed by atoms with E-state index in [0.29, 0.717) is 36.7 Å². The van der Waals surface area contributed by atoms with Crippen LogP contribution in [0.3, 0.4) is 0 Å². The van der Waals surface area contributed by atoms with Crippen molar-refractivity contribution in [3.05, 3.63) is 54.4 Å². The molecule has 6 heteroatoms. The fourth-order valence-electron chi connectivity index (χ4n) is 2.65. The Morgan fingerprint density at radius 3 is 2.83 bits per heavy atom. The molecule has 0 aliphatic carbocycles. The molecule has 1 N–H and O–H groups in total. The van der Waals surface area contributed by atoms with Crippen molar-refractivity contribution in [1.29, 1.82) is 0 Å². The molecule has 2 aromatic rings. The van der Waals surface area contributed by atoms with Gasteiger partial charge < -0.3 is 15.0 Å². The van der Waals surface area contributed by atoms with E-state index in [9.17, 15) is 9.59 Å². The van der Waals surface area contributed by atoms with Gasteiger partial charge in [-0.25, -0.2) is 0 Å². The topological polar surface area (TPSA) is 71.5 Å². The number of carbonyl (C=O) groups is 2. The first-order valence-corrected chi connectivity index (χ1v) is 7.90. The smallest absolute Gasteiger partial charge is 0.272 e. The largest absolute Gasteiger partial charge is 0.457 e. The van der Waals surface area contributed by atoms with Crippen LogP contribution in [0.25, 0.3) is 0 Å². The third-order valence-electron chi connectivity index (χ3n) is 3.88. The van der Waals surface area contributed by atoms with E-state index in [1.165, 1.54) is 0 Å². The lowest BCUT2D eigenvalue weighted by Crippen LogP contribution is -2.40. The number of para-hydroxylation sites is 1. The van der Waals surface area contributed by atoms with Crippen molar-refractivity contribution in [1.82, 2.24) is 15.2 Å². The zero-order chi connectivity index (χ0) is 16.9. The SMILES string of the molecule is CC1CC(=O)NCCN1C(=O)c1cc(Oc2ccccc2)ccn1. The van der Waals surface area contributed by atoms with Crippen molar-refractivity contribution in [2.45, 2.75) is 19.4 Å². The zero-order valence-corrected chi connectivity index (χ0v) is 13.4. The molecule has 1 unspecified atom stereocenters. The lowest BCUT2D eigenvalue weighted by atomic mass is 10.2. The van der Waals surface area contributed by atoms with Crippen molar-refractivity contribution in [3.63, 3.8) is 0 Å². The zero-order valence-electron chi connectivity index (χ0n) is 13.4. The molecule has 1 atom stereocenters. The van der Waals surface area contributed by atoms with Crippen LogP contribution in [0.2, 0.25) is 0 Å². The minimum atomic E-state index is -0.197. The number of benzene rings is 1. The van der Waals surface area contributed by atoms with E-state index in [0.717, 1.165) is 0 Å². The minimum absolute atomic E-state index is 0.0353. The number of pyridine rings is 1. The van der Waals surface area contributed by atoms with E-state index < -0.39 is 0 Å². The molecule has 1 aliphatic heterocycles. The summed E-state index contributed by atoms with van der Waals surface area (Å²) in [5.41, 5.74) is 0.310. The number of amides is 2. The highest BCUT2D eigenvalue weighted by Crippen LogP contribution is 2.22. The molecule has 124 valence electrons. The molecule has 0 radical (unpaired) electrons. The number of hydrogen-bond acceptors (Lipinski definition) is 4. The number of nitrogens with one attached hydrogen (secondary N) is 1. The number of aromatic nitrogens is 1. The second-order valence-corrected chi connectivity index (χ2v) is 5.69. The number of rotatable bonds is 3. The molecule has 0 spiro atoms. The summed E-state index contributed by atoms with van der Waals surface area (Å²) in [6, 6.07) is 12.5. The second kappa shape index (κ2) is 7.12. The van der Waals surface area contributed by atoms with Gasteiger partial charge in [-0.2, -0.15) is 0 Å². The first kappa shape index (κ1) is 16.0. The molecule has 1 saturated heterocycles. The third kappa shape index (κ3) is 3.71. The van der Waals surface area contributed by atoms with Gasteiger partial charge in [0.05, 0.1) is 0 Å². The van der Waals surface area contributed by atoms with Crippen molar-refractivity contribution in [2.24, 2.45) is 0 Å². The predicted octanol–water partition coefficient (Wildman–Crippen LogP) is 2.22. The Kier molecular flexibility index (Phi) is 4.74. The molecule has 1 aliphatic rings. The molecule has 6 nitrogen and oxygen atoms in total. The molecule has 2 amide bonds. The summed E-state index contributed by atoms with van der Waals surface area (Å²) in [7, 11) is 0. The van der Waals surface area contributed by atoms with Crippen LogP contribution in [0.5, 0.6) is 11.5 Å². The Hall–Kier alpha value is -2.89. The van der Waals surface area contributed by atoms with Crippen LogP contribution < -0.4 is 10.1 Å². The van der Waals surface area contributed by atoms with Crippen LogP contribution in [0.15, 0.2) is 48.7 Å². The van der Waals surface area contributed by atoms with E-state index in [1.807, 2.05) is 37.3 Å². The summed E-state index contributed by atoms with van der Waals surface area (Å²) in [5.74, 6) is 1.01. The van der Waals surface area contributed by atoms with Crippen molar-refractivity contribution in [3.8, 4) is 11.5 Å². The molecule has 0 saturated carbocycles. The highest BCUT2D eigenvalue weighted by atomic mass is 16.5. The lowest BCUT2D eigenvalue weighted by Gasteiger charge is -2.25. The molecule has 1 aromatic heterocycles. The molecule has 0 bridgehead atoms. The van der Waals surface area contributed by atoms with E-state index in [4.69, 9.17) is 4.74 Å². The fourth-order valence-corrected chi connectivity index (χ4v) is 2.65. The Morgan fingerprint density at radius 1 is 1.25 bits per heavy atom. The molecule has 24 heavy (non-hydrogen) atoms. The van der Waals surface area contributed by atoms with Crippen LogP contribution in [0.4, 0.5) is 0 Å². The lowest BCUT2D eigenvalue weighted by molar-refractivity contribution is -0.121. The highest BCUT2D eigenvalue weighted by molar-refractivity contribution is 5.93. The van der Waals surface area contributed by atoms with Gasteiger partial charge in [0.25, 0.3) is 5.91 Å². The van der Waals surface area contributed by atoms with Gasteiger partial charge in [0.15, 0.2) is 0 Å². The molecular weight excluding hydrogens is 306 g/mol. The Bertz CT molecular complexity index is 733. The van der Waals surface area contributed by atoms with Gasteiger partial charge in [-0.3, -0.25) is 14.6 Å². The third-order valence-corrected chi connectivity index (χ3v) is 3.88. The van der Waals surface area contributed by atoms with E-state index in [1.54, 1.807) is 23.2 Å². The van der Waals surface area contributed by atoms with Crippen molar-refractivity contribution < 1.29 is 14.3 Å². The summed E-state index contributed by atoms with van der Waals surface area (Å²) >= 11 is 0. The summed E-state index contributed by atoms with van der Waals surface area (Å²) < 4.78 is 5.75. The second-order valence-electron chi connectivity index (χ2n) is 5.69. The maximum absolute atomic E-state index is 12.7. The monoisotopic (exact) mass is 325 g/mol. The van der Waals surface area contributed by atoms with Gasteiger partial charge in [-0.1, -0.05) is 18.2 Å². The quantitative estimate of drug-likeness (QED) is 0.939. The number of hydrogen-bond donors (Lipinski definition) is 1. The van der Waals surface area contributed by atoms with Gasteiger partial charge in [0, 0.05) is 37.8 Å². The Morgan fingerprint density at radius 2 is 2.04 bits per heavy atom. The van der Waals surface area contributed by atoms with Crippen LogP contribution >= 0.6 is 0 Å². The first-order valence-electron chi connectivity index (χ1n) is 7.90. The van der Waals surface area contributed by atoms with Gasteiger partial charge in [-0.05, 0) is 25.1 Å². The van der Waals surface area contributed by atoms with Gasteiger partial charge in [0.1, 0.15) is 17.2 Å². The number of carbonyl (C=O) groups excluding carboxylic acids is 2. The van der Waals surface area contributed by atoms with Crippen LogP contribution in [-0.2, 0) is 4.79 Å². The van der Waals surface area contributed by atoms with Gasteiger partial charge in [-0.15, -0.1) is 0 Å². The minimum Gasteiger partial charge on any atom is -0.457 e. The predicted molar refractivity (Wildman–Crippen MR) is 88.9 cm³/mol. The number of nitrogens with zero attached hydrogens (tertiary/aromatic N) is 2.